The molecule has 5 rings (SSSR count). The Labute approximate surface area is 215 Å². The van der Waals surface area contributed by atoms with E-state index >= 15 is 4.39 Å². The molecule has 0 saturated carbocycles. The summed E-state index contributed by atoms with van der Waals surface area (Å²) in [7, 11) is 3.38. The van der Waals surface area contributed by atoms with Crippen LogP contribution in [0.15, 0.2) is 48.6 Å². The van der Waals surface area contributed by atoms with Gasteiger partial charge in [-0.3, -0.25) is 14.6 Å². The van der Waals surface area contributed by atoms with Gasteiger partial charge >= 0.3 is 6.03 Å². The van der Waals surface area contributed by atoms with Gasteiger partial charge in [0.15, 0.2) is 11.6 Å². The maximum absolute atomic E-state index is 15.5. The summed E-state index contributed by atoms with van der Waals surface area (Å²) in [6, 6.07) is 2.25. The molecule has 3 amide bonds. The number of H-pyrrole nitrogens is 1. The fraction of sp³-hybridized carbons (Fsp3) is 0.429. The molecule has 1 saturated heterocycles. The minimum Gasteiger partial charge on any atom is -0.494 e. The van der Waals surface area contributed by atoms with Gasteiger partial charge in [-0.2, -0.15) is 0 Å². The highest BCUT2D eigenvalue weighted by Crippen LogP contribution is 2.50. The van der Waals surface area contributed by atoms with Gasteiger partial charge in [0, 0.05) is 36.1 Å². The normalized spacial score (nSPS) is 25.1. The van der Waals surface area contributed by atoms with Gasteiger partial charge in [0.2, 0.25) is 0 Å². The van der Waals surface area contributed by atoms with Crippen LogP contribution in [0.3, 0.4) is 0 Å². The number of aromatic nitrogens is 1. The van der Waals surface area contributed by atoms with Gasteiger partial charge in [0.25, 0.3) is 5.91 Å². The summed E-state index contributed by atoms with van der Waals surface area (Å²) in [5, 5.41) is 10.8. The smallest absolute Gasteiger partial charge is 0.328 e. The van der Waals surface area contributed by atoms with Crippen molar-refractivity contribution in [1.29, 1.82) is 0 Å². The molecule has 3 atom stereocenters. The maximum atomic E-state index is 15.5. The molecule has 8 nitrogen and oxygen atoms in total. The number of rotatable bonds is 8. The van der Waals surface area contributed by atoms with Crippen LogP contribution in [0, 0.1) is 5.82 Å². The number of hydrogen-bond donors (Lipinski definition) is 2. The molecule has 196 valence electrons. The Morgan fingerprint density at radius 1 is 1.38 bits per heavy atom. The average molecular weight is 509 g/mol. The van der Waals surface area contributed by atoms with Crippen molar-refractivity contribution in [3.63, 3.8) is 0 Å². The SMILES string of the molecule is C=CCN(C)CCCN1C(=O)N2[C@H](C3=CC(O)CC=C3)c3[nH]c4ccc(OC)c(F)c4c3C[C@@]2(C)C1=O. The summed E-state index contributed by atoms with van der Waals surface area (Å²) in [5.74, 6) is -0.678. The zero-order valence-electron chi connectivity index (χ0n) is 21.5. The van der Waals surface area contributed by atoms with Crippen LogP contribution in [0.4, 0.5) is 9.18 Å². The summed E-state index contributed by atoms with van der Waals surface area (Å²) in [6.07, 6.45) is 7.81. The lowest BCUT2D eigenvalue weighted by Crippen LogP contribution is -2.53. The lowest BCUT2D eigenvalue weighted by molar-refractivity contribution is -0.133. The number of carbonyl (C=O) groups is 2. The Balaban J connectivity index is 1.60. The standard InChI is InChI=1S/C28H33FN4O4/c1-5-12-31(3)13-7-14-32-26(35)28(2)16-19-22-20(10-11-21(37-4)23(22)29)30-24(19)25(33(28)27(32)36)17-8-6-9-18(34)15-17/h5-6,8,10-11,15,18,25,30,34H,1,7,9,12-14,16H2,2-4H3/t18?,25-,28+/m1/s1. The summed E-state index contributed by atoms with van der Waals surface area (Å²) in [4.78, 5) is 36.1. The molecule has 9 heteroatoms. The predicted octanol–water partition coefficient (Wildman–Crippen LogP) is 3.69. The van der Waals surface area contributed by atoms with Gasteiger partial charge in [0.1, 0.15) is 11.6 Å². The number of halogens is 1. The first-order chi connectivity index (χ1) is 17.7. The molecule has 1 aliphatic carbocycles. The van der Waals surface area contributed by atoms with E-state index in [1.807, 2.05) is 25.3 Å². The van der Waals surface area contributed by atoms with Crippen LogP contribution in [-0.2, 0) is 11.2 Å². The third-order valence-corrected chi connectivity index (χ3v) is 7.70. The Kier molecular flexibility index (Phi) is 6.45. The molecular formula is C28H33FN4O4. The first-order valence-corrected chi connectivity index (χ1v) is 12.6. The van der Waals surface area contributed by atoms with Gasteiger partial charge in [-0.15, -0.1) is 6.58 Å². The summed E-state index contributed by atoms with van der Waals surface area (Å²) >= 11 is 0. The van der Waals surface area contributed by atoms with Crippen LogP contribution in [0.25, 0.3) is 10.9 Å². The highest BCUT2D eigenvalue weighted by atomic mass is 19.1. The second-order valence-corrected chi connectivity index (χ2v) is 10.3. The lowest BCUT2D eigenvalue weighted by atomic mass is 9.80. The molecule has 2 aromatic rings. The number of aliphatic hydroxyl groups excluding tert-OH is 1. The Morgan fingerprint density at radius 3 is 2.86 bits per heavy atom. The summed E-state index contributed by atoms with van der Waals surface area (Å²) < 4.78 is 20.8. The number of carbonyl (C=O) groups excluding carboxylic acids is 2. The van der Waals surface area contributed by atoms with Crippen LogP contribution in [0.5, 0.6) is 5.75 Å². The number of urea groups is 1. The first-order valence-electron chi connectivity index (χ1n) is 12.6. The number of aromatic amines is 1. The largest absolute Gasteiger partial charge is 0.494 e. The van der Waals surface area contributed by atoms with Crippen molar-refractivity contribution in [3.8, 4) is 5.75 Å². The van der Waals surface area contributed by atoms with Gasteiger partial charge in [-0.25, -0.2) is 9.18 Å². The molecule has 3 aliphatic rings. The van der Waals surface area contributed by atoms with Crippen molar-refractivity contribution in [3.05, 3.63) is 65.7 Å². The predicted molar refractivity (Wildman–Crippen MR) is 139 cm³/mol. The van der Waals surface area contributed by atoms with Crippen LogP contribution in [0.1, 0.15) is 37.1 Å². The second kappa shape index (κ2) is 9.46. The number of amides is 3. The number of ether oxygens (including phenoxy) is 1. The molecule has 0 radical (unpaired) electrons. The number of methoxy groups -OCH3 is 1. The van der Waals surface area contributed by atoms with Crippen LogP contribution in [0.2, 0.25) is 0 Å². The van der Waals surface area contributed by atoms with Crippen LogP contribution >= 0.6 is 0 Å². The van der Waals surface area contributed by atoms with Gasteiger partial charge < -0.3 is 19.7 Å². The van der Waals surface area contributed by atoms with Crippen molar-refractivity contribution in [2.75, 3.05) is 33.8 Å². The number of fused-ring (bicyclic) bond motifs is 4. The zero-order valence-corrected chi connectivity index (χ0v) is 21.5. The van der Waals surface area contributed by atoms with Crippen molar-refractivity contribution >= 4 is 22.8 Å². The maximum Gasteiger partial charge on any atom is 0.328 e. The number of nitrogens with zero attached hydrogens (tertiary/aromatic N) is 3. The summed E-state index contributed by atoms with van der Waals surface area (Å²) in [5.41, 5.74) is 1.36. The quantitative estimate of drug-likeness (QED) is 0.420. The molecule has 1 aromatic carbocycles. The van der Waals surface area contributed by atoms with Gasteiger partial charge in [0.05, 0.1) is 13.2 Å². The topological polar surface area (TPSA) is 89.1 Å². The van der Waals surface area contributed by atoms with Crippen LogP contribution in [-0.4, -0.2) is 82.2 Å². The number of nitrogens with one attached hydrogen (secondary N) is 1. The Hall–Kier alpha value is -3.43. The molecule has 37 heavy (non-hydrogen) atoms. The number of imide groups is 1. The average Bonchev–Trinajstić information content (AvgIpc) is 3.31. The third kappa shape index (κ3) is 3.97. The van der Waals surface area contributed by atoms with Crippen molar-refractivity contribution < 1.29 is 23.8 Å². The Morgan fingerprint density at radius 2 is 2.16 bits per heavy atom. The molecule has 1 fully saturated rings. The molecule has 3 heterocycles. The van der Waals surface area contributed by atoms with E-state index in [0.29, 0.717) is 53.7 Å². The van der Waals surface area contributed by atoms with Gasteiger partial charge in [-0.05, 0) is 56.6 Å². The first kappa shape index (κ1) is 25.2. The van der Waals surface area contributed by atoms with E-state index in [0.717, 1.165) is 0 Å². The number of likely N-dealkylation sites (N-methyl/N-ethyl adjacent to an activating group) is 1. The van der Waals surface area contributed by atoms with E-state index in [9.17, 15) is 14.7 Å². The molecule has 1 unspecified atom stereocenters. The van der Waals surface area contributed by atoms with Crippen molar-refractivity contribution in [2.24, 2.45) is 0 Å². The van der Waals surface area contributed by atoms with Gasteiger partial charge in [-0.1, -0.05) is 24.3 Å². The highest BCUT2D eigenvalue weighted by Gasteiger charge is 2.60. The monoisotopic (exact) mass is 508 g/mol. The molecule has 2 N–H and O–H groups in total. The highest BCUT2D eigenvalue weighted by molar-refractivity contribution is 6.08. The summed E-state index contributed by atoms with van der Waals surface area (Å²) in [6.45, 7) is 7.21. The van der Waals surface area contributed by atoms with E-state index in [4.69, 9.17) is 4.74 Å². The third-order valence-electron chi connectivity index (χ3n) is 7.70. The number of hydrogen-bond acceptors (Lipinski definition) is 5. The number of benzene rings is 1. The van der Waals surface area contributed by atoms with Crippen molar-refractivity contribution in [1.82, 2.24) is 19.7 Å². The van der Waals surface area contributed by atoms with E-state index in [2.05, 4.69) is 16.5 Å². The minimum atomic E-state index is -1.20. The van der Waals surface area contributed by atoms with E-state index in [1.165, 1.54) is 12.0 Å². The molecule has 2 aliphatic heterocycles. The molecular weight excluding hydrogens is 475 g/mol. The second-order valence-electron chi connectivity index (χ2n) is 10.3. The lowest BCUT2D eigenvalue weighted by Gasteiger charge is -2.43. The molecule has 1 aromatic heterocycles. The fourth-order valence-electron chi connectivity index (χ4n) is 5.93. The number of aliphatic hydroxyl groups is 1. The van der Waals surface area contributed by atoms with Crippen molar-refractivity contribution in [2.45, 2.75) is 43.9 Å². The van der Waals surface area contributed by atoms with E-state index < -0.39 is 23.5 Å². The molecule has 0 bridgehead atoms. The Bertz CT molecular complexity index is 1330. The molecule has 0 spiro atoms. The zero-order chi connectivity index (χ0) is 26.5. The van der Waals surface area contributed by atoms with E-state index in [-0.39, 0.29) is 30.7 Å². The van der Waals surface area contributed by atoms with E-state index in [1.54, 1.807) is 30.0 Å². The minimum absolute atomic E-state index is 0.115. The van der Waals surface area contributed by atoms with Crippen LogP contribution < -0.4 is 4.74 Å². The fourth-order valence-corrected chi connectivity index (χ4v) is 5.93.